The summed E-state index contributed by atoms with van der Waals surface area (Å²) >= 11 is 0. The van der Waals surface area contributed by atoms with Gasteiger partial charge in [0.25, 0.3) is 0 Å². The summed E-state index contributed by atoms with van der Waals surface area (Å²) in [4.78, 5) is 8.42. The van der Waals surface area contributed by atoms with E-state index in [1.807, 2.05) is 13.0 Å². The zero-order valence-corrected chi connectivity index (χ0v) is 8.45. The predicted molar refractivity (Wildman–Crippen MR) is 56.0 cm³/mol. The highest BCUT2D eigenvalue weighted by atomic mass is 15.1. The largest absolute Gasteiger partial charge is 0.354 e. The molecule has 4 heteroatoms. The summed E-state index contributed by atoms with van der Waals surface area (Å²) in [7, 11) is 0. The summed E-state index contributed by atoms with van der Waals surface area (Å²) in [5.74, 6) is 0.713. The quantitative estimate of drug-likeness (QED) is 0.745. The molecular weight excluding hydrogens is 176 g/mol. The average Bonchev–Trinajstić information content (AvgIpc) is 2.96. The minimum absolute atomic E-state index is 0.326. The van der Waals surface area contributed by atoms with E-state index in [0.717, 1.165) is 18.8 Å². The Kier molecular flexibility index (Phi) is 2.37. The van der Waals surface area contributed by atoms with Crippen LogP contribution in [0.3, 0.4) is 0 Å². The van der Waals surface area contributed by atoms with Gasteiger partial charge in [0.2, 0.25) is 5.95 Å². The van der Waals surface area contributed by atoms with E-state index >= 15 is 0 Å². The van der Waals surface area contributed by atoms with E-state index in [-0.39, 0.29) is 0 Å². The SMILES string of the molecule is Cc1ccnc(NCC2(CN)CC2)n1. The van der Waals surface area contributed by atoms with Crippen molar-refractivity contribution in [3.63, 3.8) is 0 Å². The summed E-state index contributed by atoms with van der Waals surface area (Å²) in [6.07, 6.45) is 4.22. The molecule has 0 saturated heterocycles. The minimum atomic E-state index is 0.326. The highest BCUT2D eigenvalue weighted by Crippen LogP contribution is 2.44. The highest BCUT2D eigenvalue weighted by molar-refractivity contribution is 5.26. The Morgan fingerprint density at radius 2 is 2.36 bits per heavy atom. The van der Waals surface area contributed by atoms with Crippen LogP contribution in [0.15, 0.2) is 12.3 Å². The first-order chi connectivity index (χ1) is 6.74. The third-order valence-electron chi connectivity index (χ3n) is 2.81. The van der Waals surface area contributed by atoms with E-state index in [2.05, 4.69) is 15.3 Å². The first-order valence-corrected chi connectivity index (χ1v) is 4.98. The second-order valence-corrected chi connectivity index (χ2v) is 4.08. The number of hydrogen-bond donors (Lipinski definition) is 2. The zero-order chi connectivity index (χ0) is 10.0. The molecule has 1 aromatic heterocycles. The molecule has 0 aliphatic heterocycles. The van der Waals surface area contributed by atoms with E-state index in [1.54, 1.807) is 6.20 Å². The molecule has 0 atom stereocenters. The Bertz CT molecular complexity index is 320. The van der Waals surface area contributed by atoms with Gasteiger partial charge in [0.05, 0.1) is 0 Å². The number of nitrogens with one attached hydrogen (secondary N) is 1. The van der Waals surface area contributed by atoms with Crippen LogP contribution in [0.1, 0.15) is 18.5 Å². The Labute approximate surface area is 83.9 Å². The van der Waals surface area contributed by atoms with Crippen molar-refractivity contribution >= 4 is 5.95 Å². The molecule has 1 heterocycles. The second-order valence-electron chi connectivity index (χ2n) is 4.08. The minimum Gasteiger partial charge on any atom is -0.354 e. The Balaban J connectivity index is 1.92. The van der Waals surface area contributed by atoms with E-state index in [4.69, 9.17) is 5.73 Å². The fourth-order valence-electron chi connectivity index (χ4n) is 1.43. The lowest BCUT2D eigenvalue weighted by Crippen LogP contribution is -2.24. The van der Waals surface area contributed by atoms with E-state index in [9.17, 15) is 0 Å². The maximum absolute atomic E-state index is 5.68. The lowest BCUT2D eigenvalue weighted by molar-refractivity contribution is 0.553. The summed E-state index contributed by atoms with van der Waals surface area (Å²) in [6.45, 7) is 3.61. The van der Waals surface area contributed by atoms with Crippen molar-refractivity contribution in [1.82, 2.24) is 9.97 Å². The zero-order valence-electron chi connectivity index (χ0n) is 8.45. The molecule has 0 aromatic carbocycles. The number of anilines is 1. The van der Waals surface area contributed by atoms with Crippen molar-refractivity contribution in [2.75, 3.05) is 18.4 Å². The number of rotatable bonds is 4. The molecule has 1 fully saturated rings. The van der Waals surface area contributed by atoms with Crippen LogP contribution in [-0.4, -0.2) is 23.1 Å². The Morgan fingerprint density at radius 1 is 1.57 bits per heavy atom. The summed E-state index contributed by atoms with van der Waals surface area (Å²) in [5, 5.41) is 3.24. The Hall–Kier alpha value is -1.16. The van der Waals surface area contributed by atoms with Crippen LogP contribution in [0.5, 0.6) is 0 Å². The number of aryl methyl sites for hydroxylation is 1. The molecular formula is C10H16N4. The monoisotopic (exact) mass is 192 g/mol. The third-order valence-corrected chi connectivity index (χ3v) is 2.81. The summed E-state index contributed by atoms with van der Waals surface area (Å²) in [5.41, 5.74) is 6.99. The number of aromatic nitrogens is 2. The lowest BCUT2D eigenvalue weighted by atomic mass is 10.1. The van der Waals surface area contributed by atoms with Crippen LogP contribution in [0.25, 0.3) is 0 Å². The molecule has 1 aliphatic rings. The highest BCUT2D eigenvalue weighted by Gasteiger charge is 2.40. The average molecular weight is 192 g/mol. The van der Waals surface area contributed by atoms with Gasteiger partial charge >= 0.3 is 0 Å². The van der Waals surface area contributed by atoms with Gasteiger partial charge in [0.1, 0.15) is 0 Å². The first kappa shape index (κ1) is 9.40. The van der Waals surface area contributed by atoms with Gasteiger partial charge in [-0.1, -0.05) is 0 Å². The maximum Gasteiger partial charge on any atom is 0.222 e. The van der Waals surface area contributed by atoms with E-state index in [0.29, 0.717) is 11.4 Å². The smallest absolute Gasteiger partial charge is 0.222 e. The van der Waals surface area contributed by atoms with Gasteiger partial charge in [0, 0.05) is 18.4 Å². The van der Waals surface area contributed by atoms with E-state index < -0.39 is 0 Å². The molecule has 0 amide bonds. The molecule has 3 N–H and O–H groups in total. The van der Waals surface area contributed by atoms with Crippen LogP contribution < -0.4 is 11.1 Å². The van der Waals surface area contributed by atoms with Crippen molar-refractivity contribution in [3.8, 4) is 0 Å². The molecule has 1 aliphatic carbocycles. The van der Waals surface area contributed by atoms with Crippen LogP contribution in [-0.2, 0) is 0 Å². The molecule has 0 bridgehead atoms. The molecule has 0 unspecified atom stereocenters. The maximum atomic E-state index is 5.68. The van der Waals surface area contributed by atoms with Gasteiger partial charge in [-0.2, -0.15) is 0 Å². The van der Waals surface area contributed by atoms with Gasteiger partial charge in [-0.3, -0.25) is 0 Å². The predicted octanol–water partition coefficient (Wildman–Crippen LogP) is 0.936. The van der Waals surface area contributed by atoms with Gasteiger partial charge < -0.3 is 11.1 Å². The van der Waals surface area contributed by atoms with Crippen LogP contribution in [0.4, 0.5) is 5.95 Å². The van der Waals surface area contributed by atoms with Crippen molar-refractivity contribution in [2.24, 2.45) is 11.1 Å². The molecule has 2 rings (SSSR count). The van der Waals surface area contributed by atoms with Gasteiger partial charge in [-0.05, 0) is 37.8 Å². The topological polar surface area (TPSA) is 63.8 Å². The number of nitrogens with two attached hydrogens (primary N) is 1. The lowest BCUT2D eigenvalue weighted by Gasteiger charge is -2.12. The van der Waals surface area contributed by atoms with Crippen molar-refractivity contribution in [2.45, 2.75) is 19.8 Å². The van der Waals surface area contributed by atoms with Crippen molar-refractivity contribution < 1.29 is 0 Å². The van der Waals surface area contributed by atoms with Crippen LogP contribution in [0, 0.1) is 12.3 Å². The molecule has 0 spiro atoms. The molecule has 4 nitrogen and oxygen atoms in total. The molecule has 1 aromatic rings. The van der Waals surface area contributed by atoms with Crippen LogP contribution in [0.2, 0.25) is 0 Å². The molecule has 1 saturated carbocycles. The Morgan fingerprint density at radius 3 is 2.93 bits per heavy atom. The van der Waals surface area contributed by atoms with Crippen molar-refractivity contribution in [1.29, 1.82) is 0 Å². The van der Waals surface area contributed by atoms with Gasteiger partial charge in [-0.15, -0.1) is 0 Å². The summed E-state index contributed by atoms with van der Waals surface area (Å²) in [6, 6.07) is 1.89. The van der Waals surface area contributed by atoms with E-state index in [1.165, 1.54) is 12.8 Å². The fourth-order valence-corrected chi connectivity index (χ4v) is 1.43. The number of nitrogens with zero attached hydrogens (tertiary/aromatic N) is 2. The van der Waals surface area contributed by atoms with Crippen LogP contribution >= 0.6 is 0 Å². The number of hydrogen-bond acceptors (Lipinski definition) is 4. The fraction of sp³-hybridized carbons (Fsp3) is 0.600. The van der Waals surface area contributed by atoms with Gasteiger partial charge in [-0.25, -0.2) is 9.97 Å². The second kappa shape index (κ2) is 3.53. The standard InChI is InChI=1S/C10H16N4/c1-8-2-5-12-9(14-8)13-7-10(6-11)3-4-10/h2,5H,3-4,6-7,11H2,1H3,(H,12,13,14). The van der Waals surface area contributed by atoms with Gasteiger partial charge in [0.15, 0.2) is 0 Å². The van der Waals surface area contributed by atoms with Crippen molar-refractivity contribution in [3.05, 3.63) is 18.0 Å². The molecule has 76 valence electrons. The normalized spacial score (nSPS) is 17.9. The summed E-state index contributed by atoms with van der Waals surface area (Å²) < 4.78 is 0. The first-order valence-electron chi connectivity index (χ1n) is 4.98. The molecule has 14 heavy (non-hydrogen) atoms. The molecule has 0 radical (unpaired) electrons. The third kappa shape index (κ3) is 2.01.